The van der Waals surface area contributed by atoms with Gasteiger partial charge in [-0.15, -0.1) is 0 Å². The van der Waals surface area contributed by atoms with Gasteiger partial charge in [0.2, 0.25) is 0 Å². The Morgan fingerprint density at radius 2 is 1.79 bits per heavy atom. The van der Waals surface area contributed by atoms with Gasteiger partial charge in [-0.3, -0.25) is 9.59 Å². The second-order valence-corrected chi connectivity index (χ2v) is 7.14. The first kappa shape index (κ1) is 19.0. The van der Waals surface area contributed by atoms with E-state index in [0.717, 1.165) is 5.56 Å². The van der Waals surface area contributed by atoms with Gasteiger partial charge < -0.3 is 14.4 Å². The van der Waals surface area contributed by atoms with E-state index in [4.69, 9.17) is 9.47 Å². The highest BCUT2D eigenvalue weighted by Gasteiger charge is 2.39. The van der Waals surface area contributed by atoms with Gasteiger partial charge in [0.05, 0.1) is 0 Å². The van der Waals surface area contributed by atoms with Crippen molar-refractivity contribution in [3.8, 4) is 5.75 Å². The molecule has 0 bridgehead atoms. The maximum absolute atomic E-state index is 12.9. The maximum atomic E-state index is 12.9. The summed E-state index contributed by atoms with van der Waals surface area (Å²) in [5, 5.41) is 0. The monoisotopic (exact) mass is 394 g/mol. The summed E-state index contributed by atoms with van der Waals surface area (Å²) in [4.78, 5) is 39.3. The Morgan fingerprint density at radius 3 is 2.48 bits per heavy atom. The van der Waals surface area contributed by atoms with Crippen molar-refractivity contribution in [3.63, 3.8) is 0 Å². The Labute approximate surface area is 168 Å². The van der Waals surface area contributed by atoms with Crippen LogP contribution < -0.4 is 4.74 Å². The lowest BCUT2D eigenvalue weighted by molar-refractivity contribution is -0.127. The van der Waals surface area contributed by atoms with Gasteiger partial charge in [0.1, 0.15) is 12.4 Å². The van der Waals surface area contributed by atoms with Crippen molar-refractivity contribution in [1.82, 2.24) is 9.80 Å². The number of piperidine rings is 1. The molecule has 2 heterocycles. The number of nitrogens with zero attached hydrogens (tertiary/aromatic N) is 2. The normalized spacial score (nSPS) is 17.4. The second-order valence-electron chi connectivity index (χ2n) is 7.14. The molecule has 0 saturated carbocycles. The number of carbonyl (C=O) groups excluding carboxylic acids is 3. The highest BCUT2D eigenvalue weighted by molar-refractivity contribution is 5.98. The van der Waals surface area contributed by atoms with Crippen LogP contribution in [-0.4, -0.2) is 53.4 Å². The Bertz CT molecular complexity index is 890. The molecule has 4 rings (SSSR count). The molecule has 2 aromatic carbocycles. The Morgan fingerprint density at radius 1 is 1.03 bits per heavy atom. The molecule has 7 heteroatoms. The first-order chi connectivity index (χ1) is 14.1. The molecule has 150 valence electrons. The third-order valence-corrected chi connectivity index (χ3v) is 5.23. The predicted octanol–water partition coefficient (Wildman–Crippen LogP) is 2.85. The quantitative estimate of drug-likeness (QED) is 0.780. The van der Waals surface area contributed by atoms with Crippen molar-refractivity contribution in [2.24, 2.45) is 0 Å². The first-order valence-corrected chi connectivity index (χ1v) is 9.67. The van der Waals surface area contributed by atoms with E-state index in [1.807, 2.05) is 36.4 Å². The zero-order valence-electron chi connectivity index (χ0n) is 16.0. The first-order valence-electron chi connectivity index (χ1n) is 9.67. The fourth-order valence-corrected chi connectivity index (χ4v) is 3.69. The summed E-state index contributed by atoms with van der Waals surface area (Å²) < 4.78 is 10.6. The molecule has 0 aromatic heterocycles. The van der Waals surface area contributed by atoms with Crippen LogP contribution in [0, 0.1) is 0 Å². The van der Waals surface area contributed by atoms with E-state index in [2.05, 4.69) is 0 Å². The molecule has 0 atom stereocenters. The fourth-order valence-electron chi connectivity index (χ4n) is 3.69. The van der Waals surface area contributed by atoms with Gasteiger partial charge in [0.25, 0.3) is 11.8 Å². The minimum atomic E-state index is -0.581. The maximum Gasteiger partial charge on any atom is 0.417 e. The number of cyclic esters (lactones) is 1. The molecular formula is C22H22N2O5. The van der Waals surface area contributed by atoms with Crippen molar-refractivity contribution >= 4 is 17.9 Å². The molecule has 2 aromatic rings. The van der Waals surface area contributed by atoms with Crippen molar-refractivity contribution in [3.05, 3.63) is 65.7 Å². The summed E-state index contributed by atoms with van der Waals surface area (Å²) in [6.45, 7) is 1.21. The van der Waals surface area contributed by atoms with E-state index in [9.17, 15) is 14.4 Å². The second kappa shape index (κ2) is 8.34. The standard InChI is InChI=1S/C22H22N2O5/c25-20-15-29-22(27)24(20)18-9-11-23(12-10-18)21(26)17-7-4-8-19(13-17)28-14-16-5-2-1-3-6-16/h1-8,13,18H,9-12,14-15H2. The van der Waals surface area contributed by atoms with E-state index >= 15 is 0 Å². The molecule has 2 aliphatic rings. The average molecular weight is 394 g/mol. The van der Waals surface area contributed by atoms with Crippen LogP contribution in [0.25, 0.3) is 0 Å². The number of hydrogen-bond donors (Lipinski definition) is 0. The number of hydrogen-bond acceptors (Lipinski definition) is 5. The lowest BCUT2D eigenvalue weighted by Crippen LogP contribution is -2.48. The molecule has 0 radical (unpaired) electrons. The van der Waals surface area contributed by atoms with E-state index in [1.165, 1.54) is 4.90 Å². The van der Waals surface area contributed by atoms with Gasteiger partial charge in [0, 0.05) is 24.7 Å². The smallest absolute Gasteiger partial charge is 0.417 e. The van der Waals surface area contributed by atoms with E-state index < -0.39 is 6.09 Å². The molecule has 2 fully saturated rings. The van der Waals surface area contributed by atoms with Crippen LogP contribution in [0.2, 0.25) is 0 Å². The SMILES string of the molecule is O=C(c1cccc(OCc2ccccc2)c1)N1CCC(N2C(=O)COC2=O)CC1. The molecule has 29 heavy (non-hydrogen) atoms. The molecule has 0 unspecified atom stereocenters. The summed E-state index contributed by atoms with van der Waals surface area (Å²) in [6, 6.07) is 16.8. The van der Waals surface area contributed by atoms with Gasteiger partial charge in [-0.2, -0.15) is 0 Å². The van der Waals surface area contributed by atoms with Gasteiger partial charge >= 0.3 is 6.09 Å². The van der Waals surface area contributed by atoms with Gasteiger partial charge in [-0.25, -0.2) is 9.69 Å². The Kier molecular flexibility index (Phi) is 5.46. The number of likely N-dealkylation sites (tertiary alicyclic amines) is 1. The molecule has 2 aliphatic heterocycles. The molecule has 3 amide bonds. The predicted molar refractivity (Wildman–Crippen MR) is 104 cm³/mol. The third kappa shape index (κ3) is 4.23. The van der Waals surface area contributed by atoms with Crippen LogP contribution in [0.4, 0.5) is 4.79 Å². The van der Waals surface area contributed by atoms with Crippen LogP contribution in [0.5, 0.6) is 5.75 Å². The minimum Gasteiger partial charge on any atom is -0.489 e. The van der Waals surface area contributed by atoms with E-state index in [1.54, 1.807) is 23.1 Å². The van der Waals surface area contributed by atoms with Crippen LogP contribution in [0.3, 0.4) is 0 Å². The zero-order valence-corrected chi connectivity index (χ0v) is 16.0. The highest BCUT2D eigenvalue weighted by Crippen LogP contribution is 2.23. The molecule has 0 N–H and O–H groups in total. The molecule has 0 spiro atoms. The number of amides is 3. The number of ether oxygens (including phenoxy) is 2. The number of imide groups is 1. The van der Waals surface area contributed by atoms with Gasteiger partial charge in [0.15, 0.2) is 6.61 Å². The molecule has 7 nitrogen and oxygen atoms in total. The average Bonchev–Trinajstić information content (AvgIpc) is 3.11. The Hall–Kier alpha value is -3.35. The number of rotatable bonds is 5. The van der Waals surface area contributed by atoms with Crippen LogP contribution in [0.1, 0.15) is 28.8 Å². The van der Waals surface area contributed by atoms with Gasteiger partial charge in [-0.05, 0) is 36.6 Å². The van der Waals surface area contributed by atoms with Crippen molar-refractivity contribution in [2.45, 2.75) is 25.5 Å². The largest absolute Gasteiger partial charge is 0.489 e. The zero-order chi connectivity index (χ0) is 20.2. The summed E-state index contributed by atoms with van der Waals surface area (Å²) in [5.74, 6) is 0.256. The van der Waals surface area contributed by atoms with Crippen molar-refractivity contribution in [1.29, 1.82) is 0 Å². The molecular weight excluding hydrogens is 372 g/mol. The lowest BCUT2D eigenvalue weighted by Gasteiger charge is -2.34. The van der Waals surface area contributed by atoms with E-state index in [-0.39, 0.29) is 24.5 Å². The summed E-state index contributed by atoms with van der Waals surface area (Å²) in [7, 11) is 0. The van der Waals surface area contributed by atoms with Gasteiger partial charge in [-0.1, -0.05) is 36.4 Å². The van der Waals surface area contributed by atoms with Crippen LogP contribution >= 0.6 is 0 Å². The summed E-state index contributed by atoms with van der Waals surface area (Å²) >= 11 is 0. The van der Waals surface area contributed by atoms with Crippen LogP contribution in [0.15, 0.2) is 54.6 Å². The highest BCUT2D eigenvalue weighted by atomic mass is 16.6. The van der Waals surface area contributed by atoms with Crippen LogP contribution in [-0.2, 0) is 16.1 Å². The molecule has 0 aliphatic carbocycles. The van der Waals surface area contributed by atoms with E-state index in [0.29, 0.717) is 43.9 Å². The third-order valence-electron chi connectivity index (χ3n) is 5.23. The topological polar surface area (TPSA) is 76.2 Å². The molecule has 2 saturated heterocycles. The van der Waals surface area contributed by atoms with Crippen molar-refractivity contribution in [2.75, 3.05) is 19.7 Å². The fraction of sp³-hybridized carbons (Fsp3) is 0.318. The number of carbonyl (C=O) groups is 3. The summed E-state index contributed by atoms with van der Waals surface area (Å²) in [6.07, 6.45) is 0.524. The lowest BCUT2D eigenvalue weighted by atomic mass is 10.0. The summed E-state index contributed by atoms with van der Waals surface area (Å²) in [5.41, 5.74) is 1.62. The van der Waals surface area contributed by atoms with Crippen molar-refractivity contribution < 1.29 is 23.9 Å². The number of benzene rings is 2. The Balaban J connectivity index is 1.35. The minimum absolute atomic E-state index is 0.0797.